The summed E-state index contributed by atoms with van der Waals surface area (Å²) >= 11 is 4.92. The number of nitrogens with one attached hydrogen (secondary N) is 1. The Bertz CT molecular complexity index is 472. The van der Waals surface area contributed by atoms with Gasteiger partial charge >= 0.3 is 0 Å². The van der Waals surface area contributed by atoms with Crippen LogP contribution in [-0.4, -0.2) is 36.1 Å². The highest BCUT2D eigenvalue weighted by Gasteiger charge is 2.16. The molecule has 0 amide bonds. The molecule has 1 fully saturated rings. The molecule has 1 aliphatic rings. The molecular formula is C15H22FN3S. The van der Waals surface area contributed by atoms with Crippen molar-refractivity contribution in [2.45, 2.75) is 19.8 Å². The molecule has 0 aromatic heterocycles. The number of rotatable bonds is 6. The molecule has 1 unspecified atom stereocenters. The zero-order valence-electron chi connectivity index (χ0n) is 11.9. The fraction of sp³-hybridized carbons (Fsp3) is 0.533. The van der Waals surface area contributed by atoms with Gasteiger partial charge < -0.3 is 16.0 Å². The Morgan fingerprint density at radius 2 is 2.15 bits per heavy atom. The van der Waals surface area contributed by atoms with Gasteiger partial charge in [0.25, 0.3) is 0 Å². The molecule has 1 atom stereocenters. The number of hydrogen-bond donors (Lipinski definition) is 2. The molecule has 1 aromatic carbocycles. The number of likely N-dealkylation sites (tertiary alicyclic amines) is 1. The summed E-state index contributed by atoms with van der Waals surface area (Å²) < 4.78 is 13.7. The molecule has 1 aromatic rings. The van der Waals surface area contributed by atoms with Crippen LogP contribution in [0.3, 0.4) is 0 Å². The average molecular weight is 295 g/mol. The lowest BCUT2D eigenvalue weighted by Gasteiger charge is -2.21. The quantitative estimate of drug-likeness (QED) is 0.792. The Morgan fingerprint density at radius 1 is 1.45 bits per heavy atom. The molecule has 20 heavy (non-hydrogen) atoms. The van der Waals surface area contributed by atoms with Crippen LogP contribution in [0, 0.1) is 11.7 Å². The normalized spacial score (nSPS) is 17.1. The predicted molar refractivity (Wildman–Crippen MR) is 85.6 cm³/mol. The summed E-state index contributed by atoms with van der Waals surface area (Å²) in [4.78, 5) is 2.57. The van der Waals surface area contributed by atoms with Gasteiger partial charge in [0.1, 0.15) is 10.8 Å². The van der Waals surface area contributed by atoms with Crippen LogP contribution in [0.5, 0.6) is 0 Å². The van der Waals surface area contributed by atoms with E-state index in [0.29, 0.717) is 17.2 Å². The van der Waals surface area contributed by atoms with Crippen molar-refractivity contribution in [3.8, 4) is 0 Å². The lowest BCUT2D eigenvalue weighted by Crippen LogP contribution is -2.29. The van der Waals surface area contributed by atoms with Gasteiger partial charge in [-0.15, -0.1) is 0 Å². The molecule has 1 heterocycles. The lowest BCUT2D eigenvalue weighted by molar-refractivity contribution is 0.294. The van der Waals surface area contributed by atoms with Crippen molar-refractivity contribution >= 4 is 22.9 Å². The maximum absolute atomic E-state index is 13.7. The van der Waals surface area contributed by atoms with Crippen molar-refractivity contribution in [1.29, 1.82) is 0 Å². The van der Waals surface area contributed by atoms with Gasteiger partial charge in [0.2, 0.25) is 0 Å². The van der Waals surface area contributed by atoms with E-state index in [4.69, 9.17) is 18.0 Å². The van der Waals surface area contributed by atoms with Gasteiger partial charge in [-0.05, 0) is 44.0 Å². The van der Waals surface area contributed by atoms with Gasteiger partial charge in [-0.2, -0.15) is 0 Å². The minimum absolute atomic E-state index is 0.0952. The first kappa shape index (κ1) is 15.2. The first-order valence-electron chi connectivity index (χ1n) is 7.12. The van der Waals surface area contributed by atoms with Crippen molar-refractivity contribution in [3.63, 3.8) is 0 Å². The number of halogens is 1. The third kappa shape index (κ3) is 3.90. The number of hydrogen-bond acceptors (Lipinski definition) is 3. The van der Waals surface area contributed by atoms with E-state index < -0.39 is 0 Å². The number of anilines is 1. The molecule has 3 nitrogen and oxygen atoms in total. The summed E-state index contributed by atoms with van der Waals surface area (Å²) in [5.41, 5.74) is 6.60. The van der Waals surface area contributed by atoms with E-state index in [-0.39, 0.29) is 10.8 Å². The van der Waals surface area contributed by atoms with Crippen LogP contribution in [0.4, 0.5) is 10.1 Å². The van der Waals surface area contributed by atoms with Crippen LogP contribution >= 0.6 is 12.2 Å². The number of nitrogens with two attached hydrogens (primary N) is 1. The summed E-state index contributed by atoms with van der Waals surface area (Å²) in [6, 6.07) is 4.87. The zero-order valence-corrected chi connectivity index (χ0v) is 12.7. The minimum atomic E-state index is -0.366. The molecule has 110 valence electrons. The van der Waals surface area contributed by atoms with E-state index in [2.05, 4.69) is 17.1 Å². The Morgan fingerprint density at radius 3 is 2.80 bits per heavy atom. The van der Waals surface area contributed by atoms with Crippen LogP contribution in [0.15, 0.2) is 18.2 Å². The molecule has 3 N–H and O–H groups in total. The summed E-state index contributed by atoms with van der Waals surface area (Å²) in [7, 11) is 0. The van der Waals surface area contributed by atoms with E-state index in [0.717, 1.165) is 13.1 Å². The molecule has 5 heteroatoms. The van der Waals surface area contributed by atoms with Crippen LogP contribution in [0.2, 0.25) is 0 Å². The molecular weight excluding hydrogens is 273 g/mol. The van der Waals surface area contributed by atoms with Crippen molar-refractivity contribution < 1.29 is 4.39 Å². The predicted octanol–water partition coefficient (Wildman–Crippen LogP) is 2.60. The van der Waals surface area contributed by atoms with Crippen molar-refractivity contribution in [2.24, 2.45) is 11.7 Å². The Balaban J connectivity index is 1.93. The van der Waals surface area contributed by atoms with Gasteiger partial charge in [-0.1, -0.05) is 25.2 Å². The molecule has 0 spiro atoms. The summed E-state index contributed by atoms with van der Waals surface area (Å²) in [5, 5.41) is 3.27. The van der Waals surface area contributed by atoms with Gasteiger partial charge in [0, 0.05) is 18.8 Å². The SMILES string of the molecule is CC(CNc1cccc(F)c1C(N)=S)CN1CCCC1. The number of nitrogens with zero attached hydrogens (tertiary/aromatic N) is 1. The zero-order chi connectivity index (χ0) is 14.5. The van der Waals surface area contributed by atoms with E-state index in [1.54, 1.807) is 6.07 Å². The highest BCUT2D eigenvalue weighted by atomic mass is 32.1. The van der Waals surface area contributed by atoms with Crippen molar-refractivity contribution in [3.05, 3.63) is 29.6 Å². The van der Waals surface area contributed by atoms with Gasteiger partial charge in [-0.25, -0.2) is 4.39 Å². The second-order valence-corrected chi connectivity index (χ2v) is 5.96. The Labute approximate surface area is 125 Å². The second-order valence-electron chi connectivity index (χ2n) is 5.52. The molecule has 0 aliphatic carbocycles. The molecule has 0 saturated carbocycles. The lowest BCUT2D eigenvalue weighted by atomic mass is 10.1. The fourth-order valence-electron chi connectivity index (χ4n) is 2.68. The van der Waals surface area contributed by atoms with E-state index in [1.165, 1.54) is 32.0 Å². The molecule has 1 aliphatic heterocycles. The van der Waals surface area contributed by atoms with Gasteiger partial charge in [0.05, 0.1) is 5.56 Å². The summed E-state index contributed by atoms with van der Waals surface area (Å²) in [6.07, 6.45) is 2.60. The molecule has 0 bridgehead atoms. The van der Waals surface area contributed by atoms with E-state index >= 15 is 0 Å². The maximum atomic E-state index is 13.7. The summed E-state index contributed by atoms with van der Waals surface area (Å²) in [6.45, 7) is 6.45. The number of thiocarbonyl (C=S) groups is 1. The van der Waals surface area contributed by atoms with E-state index in [9.17, 15) is 4.39 Å². The van der Waals surface area contributed by atoms with Crippen molar-refractivity contribution in [2.75, 3.05) is 31.5 Å². The van der Waals surface area contributed by atoms with Crippen molar-refractivity contribution in [1.82, 2.24) is 4.90 Å². The van der Waals surface area contributed by atoms with Gasteiger partial charge in [0.15, 0.2) is 0 Å². The first-order chi connectivity index (χ1) is 9.58. The van der Waals surface area contributed by atoms with Crippen LogP contribution in [-0.2, 0) is 0 Å². The molecule has 2 rings (SSSR count). The topological polar surface area (TPSA) is 41.3 Å². The smallest absolute Gasteiger partial charge is 0.135 e. The largest absolute Gasteiger partial charge is 0.389 e. The van der Waals surface area contributed by atoms with Gasteiger partial charge in [-0.3, -0.25) is 0 Å². The Hall–Kier alpha value is -1.20. The standard InChI is InChI=1S/C15H22FN3S/c1-11(10-19-7-2-3-8-19)9-18-13-6-4-5-12(16)14(13)15(17)20/h4-6,11,18H,2-3,7-10H2,1H3,(H2,17,20). The summed E-state index contributed by atoms with van der Waals surface area (Å²) in [5.74, 6) is 0.130. The van der Waals surface area contributed by atoms with Crippen LogP contribution in [0.25, 0.3) is 0 Å². The first-order valence-corrected chi connectivity index (χ1v) is 7.53. The monoisotopic (exact) mass is 295 g/mol. The van der Waals surface area contributed by atoms with Crippen LogP contribution in [0.1, 0.15) is 25.3 Å². The second kappa shape index (κ2) is 6.99. The highest BCUT2D eigenvalue weighted by molar-refractivity contribution is 7.80. The average Bonchev–Trinajstić information content (AvgIpc) is 2.88. The highest BCUT2D eigenvalue weighted by Crippen LogP contribution is 2.19. The maximum Gasteiger partial charge on any atom is 0.135 e. The third-order valence-corrected chi connectivity index (χ3v) is 3.87. The molecule has 0 radical (unpaired) electrons. The minimum Gasteiger partial charge on any atom is -0.389 e. The fourth-order valence-corrected chi connectivity index (χ4v) is 2.88. The van der Waals surface area contributed by atoms with Crippen LogP contribution < -0.4 is 11.1 Å². The third-order valence-electron chi connectivity index (χ3n) is 3.67. The Kier molecular flexibility index (Phi) is 5.31. The van der Waals surface area contributed by atoms with E-state index in [1.807, 2.05) is 6.07 Å². The molecule has 1 saturated heterocycles. The number of benzene rings is 1.